The van der Waals surface area contributed by atoms with Crippen LogP contribution >= 0.6 is 0 Å². The number of hydrogen-bond acceptors (Lipinski definition) is 6. The number of piperazine rings is 1. The van der Waals surface area contributed by atoms with Crippen LogP contribution in [0.25, 0.3) is 11.3 Å². The van der Waals surface area contributed by atoms with Crippen molar-refractivity contribution < 1.29 is 0 Å². The van der Waals surface area contributed by atoms with E-state index < -0.39 is 0 Å². The fourth-order valence-corrected chi connectivity index (χ4v) is 3.04. The second-order valence-electron chi connectivity index (χ2n) is 5.85. The molecule has 1 fully saturated rings. The number of benzene rings is 1. The van der Waals surface area contributed by atoms with Crippen LogP contribution in [0.2, 0.25) is 0 Å². The van der Waals surface area contributed by atoms with Crippen molar-refractivity contribution in [3.8, 4) is 11.3 Å². The highest BCUT2D eigenvalue weighted by Crippen LogP contribution is 2.28. The number of nitrogens with one attached hydrogen (secondary N) is 1. The van der Waals surface area contributed by atoms with Crippen molar-refractivity contribution >= 4 is 11.6 Å². The highest BCUT2D eigenvalue weighted by atomic mass is 16.1. The lowest BCUT2D eigenvalue weighted by molar-refractivity contribution is 0.638. The molecule has 3 aromatic rings. The van der Waals surface area contributed by atoms with Gasteiger partial charge in [0.1, 0.15) is 5.69 Å². The number of hydrogen-bond donors (Lipinski definition) is 1. The quantitative estimate of drug-likeness (QED) is 0.783. The highest BCUT2D eigenvalue weighted by molar-refractivity contribution is 5.74. The van der Waals surface area contributed by atoms with Gasteiger partial charge in [0.15, 0.2) is 0 Å². The lowest BCUT2D eigenvalue weighted by Crippen LogP contribution is -2.47. The van der Waals surface area contributed by atoms with E-state index in [1.807, 2.05) is 36.4 Å². The summed E-state index contributed by atoms with van der Waals surface area (Å²) < 4.78 is 0. The van der Waals surface area contributed by atoms with Crippen LogP contribution in [-0.2, 0) is 0 Å². The molecule has 1 aliphatic heterocycles. The van der Waals surface area contributed by atoms with Gasteiger partial charge in [-0.1, -0.05) is 30.3 Å². The van der Waals surface area contributed by atoms with E-state index in [0.29, 0.717) is 0 Å². The maximum atomic E-state index is 11.8. The Balaban J connectivity index is 1.59. The summed E-state index contributed by atoms with van der Waals surface area (Å²) in [6.07, 6.45) is 3.51. The number of rotatable bonds is 3. The van der Waals surface area contributed by atoms with Crippen molar-refractivity contribution in [3.05, 3.63) is 65.2 Å². The van der Waals surface area contributed by atoms with Gasteiger partial charge in [-0.15, -0.1) is 0 Å². The van der Waals surface area contributed by atoms with Crippen molar-refractivity contribution in [2.75, 3.05) is 36.0 Å². The number of nitrogens with zero attached hydrogens (tertiary/aromatic N) is 5. The molecule has 1 aliphatic rings. The lowest BCUT2D eigenvalue weighted by atomic mass is 10.1. The summed E-state index contributed by atoms with van der Waals surface area (Å²) >= 11 is 0. The molecule has 1 N–H and O–H groups in total. The van der Waals surface area contributed by atoms with Crippen LogP contribution in [0.15, 0.2) is 59.7 Å². The smallest absolute Gasteiger partial charge is 0.266 e. The summed E-state index contributed by atoms with van der Waals surface area (Å²) in [5, 5.41) is 6.83. The highest BCUT2D eigenvalue weighted by Gasteiger charge is 2.22. The van der Waals surface area contributed by atoms with E-state index in [-0.39, 0.29) is 5.56 Å². The third kappa shape index (κ3) is 3.21. The fraction of sp³-hybridized carbons (Fsp3) is 0.222. The van der Waals surface area contributed by atoms with Gasteiger partial charge >= 0.3 is 0 Å². The molecule has 0 bridgehead atoms. The zero-order valence-corrected chi connectivity index (χ0v) is 13.7. The molecule has 1 aromatic carbocycles. The van der Waals surface area contributed by atoms with Gasteiger partial charge in [-0.3, -0.25) is 4.79 Å². The Hall–Kier alpha value is -3.22. The van der Waals surface area contributed by atoms with E-state index in [0.717, 1.165) is 49.1 Å². The molecule has 0 aliphatic carbocycles. The summed E-state index contributed by atoms with van der Waals surface area (Å²) in [5.74, 6) is 0.745. The number of H-pyrrole nitrogens is 1. The first-order valence-electron chi connectivity index (χ1n) is 8.23. The van der Waals surface area contributed by atoms with Gasteiger partial charge in [-0.2, -0.15) is 5.10 Å². The van der Waals surface area contributed by atoms with E-state index in [1.54, 1.807) is 18.5 Å². The third-order valence-corrected chi connectivity index (χ3v) is 4.29. The van der Waals surface area contributed by atoms with Gasteiger partial charge in [0, 0.05) is 50.2 Å². The molecule has 4 rings (SSSR count). The molecule has 0 amide bonds. The van der Waals surface area contributed by atoms with Crippen LogP contribution in [-0.4, -0.2) is 46.3 Å². The number of aromatic nitrogens is 4. The van der Waals surface area contributed by atoms with Crippen LogP contribution in [0.4, 0.5) is 11.6 Å². The molecule has 126 valence electrons. The molecule has 2 aromatic heterocycles. The van der Waals surface area contributed by atoms with Gasteiger partial charge in [-0.05, 0) is 6.07 Å². The molecule has 7 heteroatoms. The predicted molar refractivity (Wildman–Crippen MR) is 96.8 cm³/mol. The summed E-state index contributed by atoms with van der Waals surface area (Å²) in [6.45, 7) is 3.16. The maximum absolute atomic E-state index is 11.8. The molecule has 0 spiro atoms. The van der Waals surface area contributed by atoms with Crippen molar-refractivity contribution in [1.82, 2.24) is 20.2 Å². The minimum absolute atomic E-state index is 0.191. The fourth-order valence-electron chi connectivity index (χ4n) is 3.04. The van der Waals surface area contributed by atoms with Gasteiger partial charge < -0.3 is 9.80 Å². The van der Waals surface area contributed by atoms with Gasteiger partial charge in [0.05, 0.1) is 5.69 Å². The van der Waals surface area contributed by atoms with Crippen molar-refractivity contribution in [3.63, 3.8) is 0 Å². The Morgan fingerprint density at radius 2 is 1.56 bits per heavy atom. The maximum Gasteiger partial charge on any atom is 0.266 e. The average molecular weight is 334 g/mol. The van der Waals surface area contributed by atoms with Gasteiger partial charge in [0.2, 0.25) is 5.95 Å². The second-order valence-corrected chi connectivity index (χ2v) is 5.85. The second kappa shape index (κ2) is 6.72. The van der Waals surface area contributed by atoms with E-state index >= 15 is 0 Å². The summed E-state index contributed by atoms with van der Waals surface area (Å²) in [7, 11) is 0. The SMILES string of the molecule is O=c1cc(N2CCN(c3ncccn3)CC2)c(-c2ccccc2)n[nH]1. The molecular formula is C18H18N6O. The van der Waals surface area contributed by atoms with E-state index in [2.05, 4.69) is 30.0 Å². The topological polar surface area (TPSA) is 78.0 Å². The molecule has 3 heterocycles. The summed E-state index contributed by atoms with van der Waals surface area (Å²) in [4.78, 5) is 24.8. The first-order valence-corrected chi connectivity index (χ1v) is 8.23. The predicted octanol–water partition coefficient (Wildman–Crippen LogP) is 1.55. The van der Waals surface area contributed by atoms with Crippen LogP contribution < -0.4 is 15.4 Å². The molecule has 1 saturated heterocycles. The Kier molecular flexibility index (Phi) is 4.12. The van der Waals surface area contributed by atoms with Crippen LogP contribution in [0.1, 0.15) is 0 Å². The van der Waals surface area contributed by atoms with Crippen LogP contribution in [0, 0.1) is 0 Å². The van der Waals surface area contributed by atoms with Crippen LogP contribution in [0.3, 0.4) is 0 Å². The zero-order valence-electron chi connectivity index (χ0n) is 13.7. The lowest BCUT2D eigenvalue weighted by Gasteiger charge is -2.36. The summed E-state index contributed by atoms with van der Waals surface area (Å²) in [6, 6.07) is 13.3. The molecular weight excluding hydrogens is 316 g/mol. The summed E-state index contributed by atoms with van der Waals surface area (Å²) in [5.41, 5.74) is 2.46. The Labute approximate surface area is 145 Å². The van der Waals surface area contributed by atoms with Gasteiger partial charge in [-0.25, -0.2) is 15.1 Å². The van der Waals surface area contributed by atoms with Crippen molar-refractivity contribution in [2.24, 2.45) is 0 Å². The Morgan fingerprint density at radius 3 is 2.28 bits per heavy atom. The monoisotopic (exact) mass is 334 g/mol. The molecule has 0 unspecified atom stereocenters. The standard InChI is InChI=1S/C18H18N6O/c25-16-13-15(17(22-21-16)14-5-2-1-3-6-14)23-9-11-24(12-10-23)18-19-7-4-8-20-18/h1-8,13H,9-12H2,(H,21,25). The Morgan fingerprint density at radius 1 is 0.880 bits per heavy atom. The minimum Gasteiger partial charge on any atom is -0.366 e. The van der Waals surface area contributed by atoms with Crippen molar-refractivity contribution in [1.29, 1.82) is 0 Å². The largest absolute Gasteiger partial charge is 0.366 e. The number of anilines is 2. The van der Waals surface area contributed by atoms with Crippen molar-refractivity contribution in [2.45, 2.75) is 0 Å². The zero-order chi connectivity index (χ0) is 17.1. The van der Waals surface area contributed by atoms with Crippen LogP contribution in [0.5, 0.6) is 0 Å². The molecule has 0 radical (unpaired) electrons. The normalized spacial score (nSPS) is 14.6. The van der Waals surface area contributed by atoms with E-state index in [4.69, 9.17) is 0 Å². The average Bonchev–Trinajstić information content (AvgIpc) is 2.69. The molecule has 0 saturated carbocycles. The van der Waals surface area contributed by atoms with Gasteiger partial charge in [0.25, 0.3) is 5.56 Å². The minimum atomic E-state index is -0.191. The molecule has 7 nitrogen and oxygen atoms in total. The molecule has 0 atom stereocenters. The molecule has 25 heavy (non-hydrogen) atoms. The third-order valence-electron chi connectivity index (χ3n) is 4.29. The first kappa shape index (κ1) is 15.3. The van der Waals surface area contributed by atoms with E-state index in [9.17, 15) is 4.79 Å². The Bertz CT molecular complexity index is 888. The van der Waals surface area contributed by atoms with E-state index in [1.165, 1.54) is 0 Å². The first-order chi connectivity index (χ1) is 12.3. The number of aromatic amines is 1.